The van der Waals surface area contributed by atoms with Crippen LogP contribution in [0.4, 0.5) is 4.79 Å². The van der Waals surface area contributed by atoms with Gasteiger partial charge in [-0.3, -0.25) is 4.79 Å². The highest BCUT2D eigenvalue weighted by molar-refractivity contribution is 5.87. The van der Waals surface area contributed by atoms with Gasteiger partial charge < -0.3 is 38.5 Å². The van der Waals surface area contributed by atoms with E-state index in [1.165, 1.54) is 0 Å². The molecule has 2 rings (SSSR count). The number of benzene rings is 2. The van der Waals surface area contributed by atoms with Gasteiger partial charge in [0.1, 0.15) is 18.1 Å². The number of amides is 1. The Morgan fingerprint density at radius 2 is 1.57 bits per heavy atom. The number of hydrogen-bond donors (Lipinski definition) is 1. The fourth-order valence-electron chi connectivity index (χ4n) is 3.12. The third kappa shape index (κ3) is 10.8. The van der Waals surface area contributed by atoms with Crippen molar-refractivity contribution < 1.29 is 42.7 Å². The second kappa shape index (κ2) is 15.8. The number of rotatable bonds is 16. The van der Waals surface area contributed by atoms with Crippen LogP contribution in [0.25, 0.3) is 11.1 Å². The molecule has 37 heavy (non-hydrogen) atoms. The fraction of sp³-hybridized carbons (Fsp3) is 0.481. The van der Waals surface area contributed by atoms with Crippen LogP contribution in [0.3, 0.4) is 0 Å². The summed E-state index contributed by atoms with van der Waals surface area (Å²) >= 11 is 0. The minimum absolute atomic E-state index is 0.0100. The van der Waals surface area contributed by atoms with E-state index in [1.54, 1.807) is 38.5 Å². The number of aldehydes is 1. The number of nitrogens with one attached hydrogen (secondary N) is 1. The first-order valence-electron chi connectivity index (χ1n) is 11.8. The van der Waals surface area contributed by atoms with Crippen molar-refractivity contribution in [3.8, 4) is 22.6 Å². The lowest BCUT2D eigenvalue weighted by Crippen LogP contribution is -2.40. The molecule has 10 nitrogen and oxygen atoms in total. The molecule has 0 bridgehead atoms. The summed E-state index contributed by atoms with van der Waals surface area (Å²) in [6, 6.07) is 10.6. The Morgan fingerprint density at radius 1 is 0.892 bits per heavy atom. The zero-order valence-corrected chi connectivity index (χ0v) is 22.2. The van der Waals surface area contributed by atoms with Crippen molar-refractivity contribution in [3.63, 3.8) is 0 Å². The molecule has 1 N–H and O–H groups in total. The maximum atomic E-state index is 12.1. The maximum absolute atomic E-state index is 12.1. The van der Waals surface area contributed by atoms with Crippen LogP contribution in [0, 0.1) is 0 Å². The molecule has 0 saturated heterocycles. The highest BCUT2D eigenvalue weighted by Gasteiger charge is 2.18. The van der Waals surface area contributed by atoms with Crippen molar-refractivity contribution in [2.24, 2.45) is 0 Å². The van der Waals surface area contributed by atoms with Crippen molar-refractivity contribution >= 4 is 12.4 Å². The normalized spacial score (nSPS) is 11.2. The molecule has 1 amide bonds. The van der Waals surface area contributed by atoms with Crippen LogP contribution in [0.5, 0.6) is 11.5 Å². The smallest absolute Gasteiger partial charge is 0.407 e. The Balaban J connectivity index is 2.34. The molecule has 2 aromatic carbocycles. The number of methoxy groups -OCH3 is 2. The predicted molar refractivity (Wildman–Crippen MR) is 137 cm³/mol. The predicted octanol–water partition coefficient (Wildman–Crippen LogP) is 4.19. The van der Waals surface area contributed by atoms with E-state index in [4.69, 9.17) is 33.2 Å². The summed E-state index contributed by atoms with van der Waals surface area (Å²) in [6.45, 7) is 7.11. The first-order valence-corrected chi connectivity index (χ1v) is 11.8. The second-order valence-corrected chi connectivity index (χ2v) is 8.95. The first-order chi connectivity index (χ1) is 17.8. The standard InChI is InChI=1S/C27H37NO9/c1-27(2,3)28-26(30)35-17-20-9-10-24(36-18-33-13-11-31-4)23(15-20)22-8-6-7-21(16-29)25(22)37-19-34-14-12-32-5/h6-10,15-16H,11-14,17-19H2,1-5H3,(H,28,30). The Bertz CT molecular complexity index is 988. The lowest BCUT2D eigenvalue weighted by molar-refractivity contribution is -0.00924. The number of carbonyl (C=O) groups is 2. The summed E-state index contributed by atoms with van der Waals surface area (Å²) < 4.78 is 38.0. The van der Waals surface area contributed by atoms with Gasteiger partial charge in [-0.1, -0.05) is 18.2 Å². The van der Waals surface area contributed by atoms with Gasteiger partial charge in [0, 0.05) is 30.9 Å². The van der Waals surface area contributed by atoms with E-state index in [2.05, 4.69) is 5.32 Å². The molecule has 10 heteroatoms. The molecule has 0 saturated carbocycles. The minimum atomic E-state index is -0.527. The summed E-state index contributed by atoms with van der Waals surface area (Å²) in [7, 11) is 3.17. The number of para-hydroxylation sites is 1. The highest BCUT2D eigenvalue weighted by atomic mass is 16.7. The molecule has 0 fully saturated rings. The quantitative estimate of drug-likeness (QED) is 0.198. The third-order valence-electron chi connectivity index (χ3n) is 4.80. The zero-order valence-electron chi connectivity index (χ0n) is 22.2. The molecule has 204 valence electrons. The van der Waals surface area contributed by atoms with Gasteiger partial charge in [-0.2, -0.15) is 0 Å². The highest BCUT2D eigenvalue weighted by Crippen LogP contribution is 2.39. The lowest BCUT2D eigenvalue weighted by atomic mass is 9.99. The van der Waals surface area contributed by atoms with Gasteiger partial charge in [-0.25, -0.2) is 4.79 Å². The second-order valence-electron chi connectivity index (χ2n) is 8.95. The Hall–Kier alpha value is -3.18. The molecule has 0 unspecified atom stereocenters. The van der Waals surface area contributed by atoms with Crippen LogP contribution < -0.4 is 14.8 Å². The van der Waals surface area contributed by atoms with Gasteiger partial charge in [-0.15, -0.1) is 0 Å². The SMILES string of the molecule is COCCOCOc1ccc(COC(=O)NC(C)(C)C)cc1-c1cccc(C=O)c1OCOCCOC. The van der Waals surface area contributed by atoms with Crippen LogP contribution in [-0.4, -0.2) is 72.2 Å². The molecule has 0 aliphatic rings. The van der Waals surface area contributed by atoms with Crippen LogP contribution in [0.1, 0.15) is 36.7 Å². The lowest BCUT2D eigenvalue weighted by Gasteiger charge is -2.20. The monoisotopic (exact) mass is 519 g/mol. The van der Waals surface area contributed by atoms with Crippen molar-refractivity contribution in [1.29, 1.82) is 0 Å². The van der Waals surface area contributed by atoms with E-state index >= 15 is 0 Å². The molecule has 0 radical (unpaired) electrons. The fourth-order valence-corrected chi connectivity index (χ4v) is 3.12. The number of ether oxygens (including phenoxy) is 7. The van der Waals surface area contributed by atoms with E-state index in [0.29, 0.717) is 66.5 Å². The van der Waals surface area contributed by atoms with Crippen LogP contribution in [0.2, 0.25) is 0 Å². The maximum Gasteiger partial charge on any atom is 0.407 e. The minimum Gasteiger partial charge on any atom is -0.467 e. The molecule has 0 aliphatic carbocycles. The zero-order chi connectivity index (χ0) is 27.1. The van der Waals surface area contributed by atoms with Crippen molar-refractivity contribution in [3.05, 3.63) is 47.5 Å². The topological polar surface area (TPSA) is 111 Å². The summed E-state index contributed by atoms with van der Waals surface area (Å²) in [4.78, 5) is 23.9. The summed E-state index contributed by atoms with van der Waals surface area (Å²) in [5.74, 6) is 0.831. The van der Waals surface area contributed by atoms with Gasteiger partial charge in [0.05, 0.1) is 32.0 Å². The van der Waals surface area contributed by atoms with E-state index in [9.17, 15) is 9.59 Å². The van der Waals surface area contributed by atoms with Gasteiger partial charge >= 0.3 is 6.09 Å². The number of carbonyl (C=O) groups excluding carboxylic acids is 2. The van der Waals surface area contributed by atoms with Crippen molar-refractivity contribution in [2.75, 3.05) is 54.2 Å². The summed E-state index contributed by atoms with van der Waals surface area (Å²) in [6.07, 6.45) is 0.188. The molecule has 0 aliphatic heterocycles. The molecular weight excluding hydrogens is 482 g/mol. The summed E-state index contributed by atoms with van der Waals surface area (Å²) in [5, 5.41) is 2.76. The van der Waals surface area contributed by atoms with E-state index in [-0.39, 0.29) is 20.2 Å². The summed E-state index contributed by atoms with van der Waals surface area (Å²) in [5.41, 5.74) is 1.87. The number of hydrogen-bond acceptors (Lipinski definition) is 9. The Kier molecular flexibility index (Phi) is 12.9. The van der Waals surface area contributed by atoms with Crippen LogP contribution in [-0.2, 0) is 30.3 Å². The number of alkyl carbamates (subject to hydrolysis) is 1. The average molecular weight is 520 g/mol. The largest absolute Gasteiger partial charge is 0.467 e. The molecule has 2 aromatic rings. The van der Waals surface area contributed by atoms with E-state index < -0.39 is 11.6 Å². The molecule has 0 aromatic heterocycles. The van der Waals surface area contributed by atoms with E-state index in [0.717, 1.165) is 0 Å². The van der Waals surface area contributed by atoms with Gasteiger partial charge in [-0.05, 0) is 44.5 Å². The van der Waals surface area contributed by atoms with Crippen molar-refractivity contribution in [1.82, 2.24) is 5.32 Å². The van der Waals surface area contributed by atoms with Gasteiger partial charge in [0.15, 0.2) is 19.9 Å². The van der Waals surface area contributed by atoms with Gasteiger partial charge in [0.25, 0.3) is 0 Å². The molecule has 0 spiro atoms. The average Bonchev–Trinajstić information content (AvgIpc) is 2.86. The first kappa shape index (κ1) is 30.0. The van der Waals surface area contributed by atoms with Crippen molar-refractivity contribution in [2.45, 2.75) is 32.9 Å². The van der Waals surface area contributed by atoms with E-state index in [1.807, 2.05) is 32.9 Å². The molecule has 0 heterocycles. The van der Waals surface area contributed by atoms with Gasteiger partial charge in [0.2, 0.25) is 0 Å². The Morgan fingerprint density at radius 3 is 2.19 bits per heavy atom. The van der Waals surface area contributed by atoms with Crippen LogP contribution in [0.15, 0.2) is 36.4 Å². The molecule has 0 atom stereocenters. The third-order valence-corrected chi connectivity index (χ3v) is 4.80. The van der Waals surface area contributed by atoms with Crippen LogP contribution >= 0.6 is 0 Å². The molecular formula is C27H37NO9. The Labute approximate surface area is 218 Å².